The predicted molar refractivity (Wildman–Crippen MR) is 149 cm³/mol. The fourth-order valence-corrected chi connectivity index (χ4v) is 6.92. The summed E-state index contributed by atoms with van der Waals surface area (Å²) in [5, 5.41) is 6.25. The Morgan fingerprint density at radius 2 is 1.72 bits per heavy atom. The van der Waals surface area contributed by atoms with Gasteiger partial charge in [0.05, 0.1) is 17.9 Å². The Hall–Kier alpha value is -3.45. The average molecular weight is 528 g/mol. The van der Waals surface area contributed by atoms with Gasteiger partial charge < -0.3 is 20.3 Å². The number of benzene rings is 2. The van der Waals surface area contributed by atoms with E-state index < -0.39 is 29.6 Å². The van der Waals surface area contributed by atoms with Crippen molar-refractivity contribution in [1.29, 1.82) is 0 Å². The molecule has 204 valence electrons. The second-order valence-corrected chi connectivity index (χ2v) is 11.8. The van der Waals surface area contributed by atoms with Crippen LogP contribution < -0.4 is 10.6 Å². The van der Waals surface area contributed by atoms with Gasteiger partial charge in [0.2, 0.25) is 17.7 Å². The average Bonchev–Trinajstić information content (AvgIpc) is 3.58. The van der Waals surface area contributed by atoms with Crippen LogP contribution in [-0.4, -0.2) is 46.4 Å². The van der Waals surface area contributed by atoms with Gasteiger partial charge in [0.1, 0.15) is 11.6 Å². The third kappa shape index (κ3) is 4.56. The van der Waals surface area contributed by atoms with Gasteiger partial charge >= 0.3 is 0 Å². The number of hydrogen-bond donors (Lipinski definition) is 2. The SMILES string of the molecule is CC(C)c1ccc(NC(=O)C2C3C=CC4(O3)C2C(=O)N(Cc2ccccc2)C4C(=O)NC2CCCCC2)cc1. The van der Waals surface area contributed by atoms with Crippen molar-refractivity contribution in [3.63, 3.8) is 0 Å². The first-order valence-electron chi connectivity index (χ1n) is 14.3. The number of nitrogens with one attached hydrogen (secondary N) is 2. The second-order valence-electron chi connectivity index (χ2n) is 11.8. The number of fused-ring (bicyclic) bond motifs is 1. The molecule has 1 spiro atoms. The maximum atomic E-state index is 14.1. The zero-order chi connectivity index (χ0) is 27.1. The summed E-state index contributed by atoms with van der Waals surface area (Å²) in [6.45, 7) is 4.53. The Bertz CT molecular complexity index is 1270. The molecule has 7 heteroatoms. The Balaban J connectivity index is 1.29. The summed E-state index contributed by atoms with van der Waals surface area (Å²) < 4.78 is 6.47. The van der Waals surface area contributed by atoms with E-state index in [4.69, 9.17) is 4.74 Å². The summed E-state index contributed by atoms with van der Waals surface area (Å²) in [5.74, 6) is -1.72. The molecule has 3 heterocycles. The molecule has 6 rings (SSSR count). The van der Waals surface area contributed by atoms with E-state index in [9.17, 15) is 14.4 Å². The lowest BCUT2D eigenvalue weighted by Crippen LogP contribution is -2.56. The van der Waals surface area contributed by atoms with Crippen molar-refractivity contribution in [2.75, 3.05) is 5.32 Å². The maximum Gasteiger partial charge on any atom is 0.246 e. The summed E-state index contributed by atoms with van der Waals surface area (Å²) in [4.78, 5) is 43.4. The molecule has 2 aromatic rings. The van der Waals surface area contributed by atoms with E-state index in [-0.39, 0.29) is 30.3 Å². The Kier molecular flexibility index (Phi) is 6.79. The van der Waals surface area contributed by atoms with Crippen LogP contribution in [0.15, 0.2) is 66.7 Å². The summed E-state index contributed by atoms with van der Waals surface area (Å²) in [7, 11) is 0. The van der Waals surface area contributed by atoms with Crippen molar-refractivity contribution in [3.05, 3.63) is 77.9 Å². The van der Waals surface area contributed by atoms with E-state index in [1.165, 1.54) is 12.0 Å². The molecule has 1 aliphatic carbocycles. The summed E-state index contributed by atoms with van der Waals surface area (Å²) in [5.41, 5.74) is 1.65. The fourth-order valence-electron chi connectivity index (χ4n) is 6.92. The number of likely N-dealkylation sites (tertiary alicyclic amines) is 1. The van der Waals surface area contributed by atoms with Crippen LogP contribution in [0.25, 0.3) is 0 Å². The number of ether oxygens (including phenoxy) is 1. The zero-order valence-corrected chi connectivity index (χ0v) is 22.6. The summed E-state index contributed by atoms with van der Waals surface area (Å²) in [6.07, 6.45) is 8.45. The maximum absolute atomic E-state index is 14.1. The number of rotatable bonds is 7. The molecule has 2 aromatic carbocycles. The van der Waals surface area contributed by atoms with Crippen LogP contribution in [0, 0.1) is 11.8 Å². The lowest BCUT2D eigenvalue weighted by Gasteiger charge is -2.34. The van der Waals surface area contributed by atoms with Crippen LogP contribution in [0.1, 0.15) is 63.0 Å². The van der Waals surface area contributed by atoms with Crippen molar-refractivity contribution < 1.29 is 19.1 Å². The van der Waals surface area contributed by atoms with Gasteiger partial charge in [-0.15, -0.1) is 0 Å². The fraction of sp³-hybridized carbons (Fsp3) is 0.469. The second kappa shape index (κ2) is 10.3. The third-order valence-corrected chi connectivity index (χ3v) is 8.92. The first-order chi connectivity index (χ1) is 18.9. The molecule has 4 aliphatic rings. The lowest BCUT2D eigenvalue weighted by atomic mass is 9.74. The molecule has 7 nitrogen and oxygen atoms in total. The van der Waals surface area contributed by atoms with Crippen LogP contribution in [0.3, 0.4) is 0 Å². The number of amides is 3. The first kappa shape index (κ1) is 25.8. The molecule has 3 amide bonds. The minimum Gasteiger partial charge on any atom is -0.359 e. The topological polar surface area (TPSA) is 87.7 Å². The number of carbonyl (C=O) groups is 3. The highest BCUT2D eigenvalue weighted by Gasteiger charge is 2.72. The van der Waals surface area contributed by atoms with Crippen molar-refractivity contribution >= 4 is 23.4 Å². The zero-order valence-electron chi connectivity index (χ0n) is 22.6. The molecule has 2 N–H and O–H groups in total. The standard InChI is InChI=1S/C32H37N3O4/c1-20(2)22-13-15-24(16-14-22)33-29(36)26-25-17-18-32(39-25)27(26)31(38)35(19-21-9-5-3-6-10-21)28(32)30(37)34-23-11-7-4-8-12-23/h3,5-6,9-10,13-18,20,23,25-28H,4,7-8,11-12,19H2,1-2H3,(H,33,36)(H,34,37). The lowest BCUT2D eigenvalue weighted by molar-refractivity contribution is -0.142. The normalized spacial score (nSPS) is 29.6. The Morgan fingerprint density at radius 1 is 1.00 bits per heavy atom. The number of nitrogens with zero attached hydrogens (tertiary/aromatic N) is 1. The van der Waals surface area contributed by atoms with Crippen molar-refractivity contribution in [1.82, 2.24) is 10.2 Å². The number of carbonyl (C=O) groups excluding carboxylic acids is 3. The van der Waals surface area contributed by atoms with E-state index in [0.717, 1.165) is 31.2 Å². The molecule has 0 aromatic heterocycles. The van der Waals surface area contributed by atoms with Crippen molar-refractivity contribution in [2.24, 2.45) is 11.8 Å². The highest BCUT2D eigenvalue weighted by molar-refractivity contribution is 6.02. The third-order valence-electron chi connectivity index (χ3n) is 8.92. The molecular formula is C32H37N3O4. The van der Waals surface area contributed by atoms with Gasteiger partial charge in [-0.25, -0.2) is 0 Å². The molecule has 5 unspecified atom stereocenters. The van der Waals surface area contributed by atoms with E-state index >= 15 is 0 Å². The van der Waals surface area contributed by atoms with Gasteiger partial charge in [0.25, 0.3) is 0 Å². The van der Waals surface area contributed by atoms with Gasteiger partial charge in [-0.3, -0.25) is 14.4 Å². The Morgan fingerprint density at radius 3 is 2.41 bits per heavy atom. The molecule has 2 saturated heterocycles. The molecule has 39 heavy (non-hydrogen) atoms. The monoisotopic (exact) mass is 527 g/mol. The number of hydrogen-bond acceptors (Lipinski definition) is 4. The van der Waals surface area contributed by atoms with Gasteiger partial charge in [-0.2, -0.15) is 0 Å². The number of anilines is 1. The van der Waals surface area contributed by atoms with E-state index in [1.54, 1.807) is 4.90 Å². The van der Waals surface area contributed by atoms with Crippen LogP contribution >= 0.6 is 0 Å². The van der Waals surface area contributed by atoms with Crippen LogP contribution in [0.4, 0.5) is 5.69 Å². The summed E-state index contributed by atoms with van der Waals surface area (Å²) >= 11 is 0. The predicted octanol–water partition coefficient (Wildman–Crippen LogP) is 4.55. The highest BCUT2D eigenvalue weighted by atomic mass is 16.5. The van der Waals surface area contributed by atoms with E-state index in [2.05, 4.69) is 24.5 Å². The molecule has 1 saturated carbocycles. The largest absolute Gasteiger partial charge is 0.359 e. The van der Waals surface area contributed by atoms with Crippen molar-refractivity contribution in [2.45, 2.75) is 82.2 Å². The molecule has 5 atom stereocenters. The van der Waals surface area contributed by atoms with Gasteiger partial charge in [-0.1, -0.05) is 87.7 Å². The van der Waals surface area contributed by atoms with Gasteiger partial charge in [0, 0.05) is 18.3 Å². The van der Waals surface area contributed by atoms with Crippen LogP contribution in [-0.2, 0) is 25.7 Å². The molecule has 0 radical (unpaired) electrons. The van der Waals surface area contributed by atoms with E-state index in [1.807, 2.05) is 66.7 Å². The molecule has 3 aliphatic heterocycles. The smallest absolute Gasteiger partial charge is 0.246 e. The van der Waals surface area contributed by atoms with Crippen LogP contribution in [0.2, 0.25) is 0 Å². The molecule has 2 bridgehead atoms. The van der Waals surface area contributed by atoms with E-state index in [0.29, 0.717) is 11.6 Å². The van der Waals surface area contributed by atoms with Gasteiger partial charge in [-0.05, 0) is 42.0 Å². The minimum atomic E-state index is -1.15. The molecular weight excluding hydrogens is 490 g/mol. The van der Waals surface area contributed by atoms with Crippen molar-refractivity contribution in [3.8, 4) is 0 Å². The highest BCUT2D eigenvalue weighted by Crippen LogP contribution is 2.55. The van der Waals surface area contributed by atoms with Gasteiger partial charge in [0.15, 0.2) is 0 Å². The minimum absolute atomic E-state index is 0.103. The quantitative estimate of drug-likeness (QED) is 0.518. The molecule has 3 fully saturated rings. The summed E-state index contributed by atoms with van der Waals surface area (Å²) in [6, 6.07) is 16.8. The Labute approximate surface area is 230 Å². The van der Waals surface area contributed by atoms with Crippen LogP contribution in [0.5, 0.6) is 0 Å². The first-order valence-corrected chi connectivity index (χ1v) is 14.3.